The second-order valence-electron chi connectivity index (χ2n) is 7.17. The molecule has 1 atom stereocenters. The zero-order chi connectivity index (χ0) is 13.6. The minimum absolute atomic E-state index is 0.209. The molecule has 0 aliphatic heterocycles. The Morgan fingerprint density at radius 3 is 2.39 bits per heavy atom. The Morgan fingerprint density at radius 2 is 1.94 bits per heavy atom. The van der Waals surface area contributed by atoms with Gasteiger partial charge in [-0.3, -0.25) is 0 Å². The predicted octanol–water partition coefficient (Wildman–Crippen LogP) is 4.14. The summed E-state index contributed by atoms with van der Waals surface area (Å²) in [7, 11) is 0. The third-order valence-electron chi connectivity index (χ3n) is 3.96. The van der Waals surface area contributed by atoms with Crippen molar-refractivity contribution >= 4 is 0 Å². The van der Waals surface area contributed by atoms with Crippen LogP contribution in [0.3, 0.4) is 0 Å². The largest absolute Gasteiger partial charge is 0.375 e. The fraction of sp³-hybridized carbons (Fsp3) is 1.00. The fourth-order valence-corrected chi connectivity index (χ4v) is 2.60. The van der Waals surface area contributed by atoms with Crippen molar-refractivity contribution in [2.45, 2.75) is 84.3 Å². The lowest BCUT2D eigenvalue weighted by Gasteiger charge is -2.43. The summed E-state index contributed by atoms with van der Waals surface area (Å²) < 4.78 is 6.25. The van der Waals surface area contributed by atoms with E-state index in [2.05, 4.69) is 39.9 Å². The first-order valence-electron chi connectivity index (χ1n) is 7.76. The molecule has 1 unspecified atom stereocenters. The van der Waals surface area contributed by atoms with Crippen LogP contribution in [0.5, 0.6) is 0 Å². The Balaban J connectivity index is 2.25. The number of hydrogen-bond acceptors (Lipinski definition) is 2. The Hall–Kier alpha value is -0.0800. The van der Waals surface area contributed by atoms with E-state index >= 15 is 0 Å². The molecule has 0 amide bonds. The van der Waals surface area contributed by atoms with Crippen LogP contribution in [0.2, 0.25) is 0 Å². The van der Waals surface area contributed by atoms with Crippen LogP contribution in [0.25, 0.3) is 0 Å². The van der Waals surface area contributed by atoms with Gasteiger partial charge in [-0.25, -0.2) is 0 Å². The quantitative estimate of drug-likeness (QED) is 0.704. The second kappa shape index (κ2) is 6.91. The van der Waals surface area contributed by atoms with Crippen LogP contribution in [0.1, 0.15) is 73.1 Å². The van der Waals surface area contributed by atoms with Crippen LogP contribution in [-0.2, 0) is 4.74 Å². The Labute approximate surface area is 114 Å². The SMILES string of the molecule is CCCC(C)COC1(CCNC(C)(C)C)CCC1. The molecule has 2 nitrogen and oxygen atoms in total. The van der Waals surface area contributed by atoms with Crippen LogP contribution in [-0.4, -0.2) is 24.3 Å². The Bertz CT molecular complexity index is 228. The van der Waals surface area contributed by atoms with Gasteiger partial charge in [-0.15, -0.1) is 0 Å². The lowest BCUT2D eigenvalue weighted by atomic mass is 9.77. The van der Waals surface area contributed by atoms with Crippen LogP contribution in [0.4, 0.5) is 0 Å². The Morgan fingerprint density at radius 1 is 1.28 bits per heavy atom. The normalized spacial score (nSPS) is 20.5. The van der Waals surface area contributed by atoms with Crippen molar-refractivity contribution < 1.29 is 4.74 Å². The van der Waals surface area contributed by atoms with Crippen molar-refractivity contribution in [3.8, 4) is 0 Å². The molecule has 0 aromatic carbocycles. The molecule has 1 N–H and O–H groups in total. The molecule has 1 rings (SSSR count). The first-order chi connectivity index (χ1) is 8.37. The molecule has 0 heterocycles. The van der Waals surface area contributed by atoms with Gasteiger partial charge in [-0.2, -0.15) is 0 Å². The van der Waals surface area contributed by atoms with Crippen molar-refractivity contribution in [3.63, 3.8) is 0 Å². The van der Waals surface area contributed by atoms with Crippen molar-refractivity contribution in [2.75, 3.05) is 13.2 Å². The van der Waals surface area contributed by atoms with Gasteiger partial charge in [0.2, 0.25) is 0 Å². The van der Waals surface area contributed by atoms with E-state index in [0.717, 1.165) is 13.2 Å². The zero-order valence-corrected chi connectivity index (χ0v) is 13.1. The van der Waals surface area contributed by atoms with Crippen molar-refractivity contribution in [2.24, 2.45) is 5.92 Å². The maximum absolute atomic E-state index is 6.25. The Kier molecular flexibility index (Phi) is 6.13. The van der Waals surface area contributed by atoms with Crippen molar-refractivity contribution in [3.05, 3.63) is 0 Å². The molecule has 0 radical (unpaired) electrons. The third kappa shape index (κ3) is 5.71. The van der Waals surface area contributed by atoms with Gasteiger partial charge >= 0.3 is 0 Å². The third-order valence-corrected chi connectivity index (χ3v) is 3.96. The number of rotatable bonds is 8. The van der Waals surface area contributed by atoms with Gasteiger partial charge in [0.15, 0.2) is 0 Å². The van der Waals surface area contributed by atoms with Crippen molar-refractivity contribution in [1.29, 1.82) is 0 Å². The van der Waals surface area contributed by atoms with Gasteiger partial charge < -0.3 is 10.1 Å². The molecule has 0 aromatic heterocycles. The van der Waals surface area contributed by atoms with E-state index in [1.807, 2.05) is 0 Å². The molecular formula is C16H33NO. The van der Waals surface area contributed by atoms with E-state index in [4.69, 9.17) is 4.74 Å². The molecule has 108 valence electrons. The number of hydrogen-bond donors (Lipinski definition) is 1. The number of ether oxygens (including phenoxy) is 1. The van der Waals surface area contributed by atoms with Gasteiger partial charge in [0.25, 0.3) is 0 Å². The summed E-state index contributed by atoms with van der Waals surface area (Å²) in [5.74, 6) is 0.711. The first-order valence-corrected chi connectivity index (χ1v) is 7.76. The predicted molar refractivity (Wildman–Crippen MR) is 79.0 cm³/mol. The summed E-state index contributed by atoms with van der Waals surface area (Å²) in [5.41, 5.74) is 0.431. The summed E-state index contributed by atoms with van der Waals surface area (Å²) >= 11 is 0. The molecule has 18 heavy (non-hydrogen) atoms. The van der Waals surface area contributed by atoms with E-state index in [-0.39, 0.29) is 11.1 Å². The molecule has 0 aromatic rings. The molecule has 1 aliphatic rings. The molecule has 0 bridgehead atoms. The van der Waals surface area contributed by atoms with Gasteiger partial charge in [0.05, 0.1) is 5.60 Å². The highest BCUT2D eigenvalue weighted by Gasteiger charge is 2.37. The van der Waals surface area contributed by atoms with Crippen molar-refractivity contribution in [1.82, 2.24) is 5.32 Å². The van der Waals surface area contributed by atoms with Gasteiger partial charge in [0, 0.05) is 12.1 Å². The highest BCUT2D eigenvalue weighted by atomic mass is 16.5. The molecular weight excluding hydrogens is 222 g/mol. The van der Waals surface area contributed by atoms with E-state index in [9.17, 15) is 0 Å². The lowest BCUT2D eigenvalue weighted by Crippen LogP contribution is -2.46. The summed E-state index contributed by atoms with van der Waals surface area (Å²) in [6.07, 6.45) is 7.59. The molecule has 0 spiro atoms. The highest BCUT2D eigenvalue weighted by molar-refractivity contribution is 4.91. The van der Waals surface area contributed by atoms with Crippen LogP contribution < -0.4 is 5.32 Å². The maximum Gasteiger partial charge on any atom is 0.0694 e. The average Bonchev–Trinajstić information content (AvgIpc) is 2.19. The summed E-state index contributed by atoms with van der Waals surface area (Å²) in [5, 5.41) is 3.58. The molecule has 1 aliphatic carbocycles. The lowest BCUT2D eigenvalue weighted by molar-refractivity contribution is -0.115. The minimum Gasteiger partial charge on any atom is -0.375 e. The van der Waals surface area contributed by atoms with Crippen LogP contribution in [0.15, 0.2) is 0 Å². The molecule has 0 saturated heterocycles. The van der Waals surface area contributed by atoms with E-state index in [1.54, 1.807) is 0 Å². The summed E-state index contributed by atoms with van der Waals surface area (Å²) in [6, 6.07) is 0. The standard InChI is InChI=1S/C16H33NO/c1-6-8-14(2)13-18-16(9-7-10-16)11-12-17-15(3,4)5/h14,17H,6-13H2,1-5H3. The fourth-order valence-electron chi connectivity index (χ4n) is 2.60. The van der Waals surface area contributed by atoms with E-state index in [1.165, 1.54) is 38.5 Å². The molecule has 1 saturated carbocycles. The summed E-state index contributed by atoms with van der Waals surface area (Å²) in [6.45, 7) is 13.3. The second-order valence-corrected chi connectivity index (χ2v) is 7.17. The number of nitrogens with one attached hydrogen (secondary N) is 1. The van der Waals surface area contributed by atoms with Crippen LogP contribution in [0, 0.1) is 5.92 Å². The maximum atomic E-state index is 6.25. The summed E-state index contributed by atoms with van der Waals surface area (Å²) in [4.78, 5) is 0. The van der Waals surface area contributed by atoms with E-state index in [0.29, 0.717) is 5.92 Å². The van der Waals surface area contributed by atoms with Gasteiger partial charge in [-0.1, -0.05) is 20.3 Å². The van der Waals surface area contributed by atoms with Gasteiger partial charge in [-0.05, 0) is 65.3 Å². The molecule has 2 heteroatoms. The van der Waals surface area contributed by atoms with Crippen LogP contribution >= 0.6 is 0 Å². The smallest absolute Gasteiger partial charge is 0.0694 e. The first kappa shape index (κ1) is 16.0. The average molecular weight is 255 g/mol. The monoisotopic (exact) mass is 255 g/mol. The molecule has 1 fully saturated rings. The zero-order valence-electron chi connectivity index (χ0n) is 13.1. The highest BCUT2D eigenvalue weighted by Crippen LogP contribution is 2.39. The van der Waals surface area contributed by atoms with Gasteiger partial charge in [0.1, 0.15) is 0 Å². The topological polar surface area (TPSA) is 21.3 Å². The minimum atomic E-state index is 0.209. The van der Waals surface area contributed by atoms with E-state index < -0.39 is 0 Å².